The Bertz CT molecular complexity index is 1440. The SMILES string of the molecule is COc1cccc(OC)c1-c1cc(C(=O)Nc2nnc(-n3nccc3N)s2)oc(=O)c1OC[C@H](C)OC. The lowest BCUT2D eigenvalue weighted by Crippen LogP contribution is -2.21. The number of rotatable bonds is 10. The maximum Gasteiger partial charge on any atom is 0.379 e. The van der Waals surface area contributed by atoms with Crippen molar-refractivity contribution in [3.05, 3.63) is 52.7 Å². The molecule has 1 amide bonds. The van der Waals surface area contributed by atoms with Gasteiger partial charge in [0, 0.05) is 18.7 Å². The van der Waals surface area contributed by atoms with E-state index in [1.807, 2.05) is 0 Å². The molecule has 3 heterocycles. The first-order valence-electron chi connectivity index (χ1n) is 10.9. The Morgan fingerprint density at radius 1 is 1.19 bits per heavy atom. The molecule has 13 nitrogen and oxygen atoms in total. The second-order valence-corrected chi connectivity index (χ2v) is 8.50. The van der Waals surface area contributed by atoms with Gasteiger partial charge in [-0.1, -0.05) is 17.4 Å². The molecule has 4 aromatic rings. The highest BCUT2D eigenvalue weighted by Gasteiger charge is 2.25. The van der Waals surface area contributed by atoms with Crippen LogP contribution in [0.15, 0.2) is 45.7 Å². The van der Waals surface area contributed by atoms with Crippen LogP contribution in [0.4, 0.5) is 10.9 Å². The lowest BCUT2D eigenvalue weighted by Gasteiger charge is -2.17. The van der Waals surface area contributed by atoms with Crippen molar-refractivity contribution in [1.82, 2.24) is 20.0 Å². The number of methoxy groups -OCH3 is 3. The number of carbonyl (C=O) groups is 1. The van der Waals surface area contributed by atoms with Crippen molar-refractivity contribution in [1.29, 1.82) is 0 Å². The number of hydrogen-bond donors (Lipinski definition) is 2. The number of carbonyl (C=O) groups excluding carboxylic acids is 1. The first-order valence-corrected chi connectivity index (χ1v) is 11.7. The predicted molar refractivity (Wildman–Crippen MR) is 135 cm³/mol. The molecule has 3 N–H and O–H groups in total. The van der Waals surface area contributed by atoms with E-state index in [0.717, 1.165) is 11.3 Å². The third-order valence-electron chi connectivity index (χ3n) is 5.18. The summed E-state index contributed by atoms with van der Waals surface area (Å²) >= 11 is 1.03. The number of amides is 1. The fourth-order valence-electron chi connectivity index (χ4n) is 3.29. The molecule has 4 rings (SSSR count). The van der Waals surface area contributed by atoms with E-state index >= 15 is 0 Å². The summed E-state index contributed by atoms with van der Waals surface area (Å²) in [6.45, 7) is 1.83. The summed E-state index contributed by atoms with van der Waals surface area (Å²) < 4.78 is 28.7. The lowest BCUT2D eigenvalue weighted by atomic mass is 10.0. The summed E-state index contributed by atoms with van der Waals surface area (Å²) in [5.74, 6) is -0.0157. The molecule has 1 atom stereocenters. The Morgan fingerprint density at radius 3 is 2.54 bits per heavy atom. The average Bonchev–Trinajstić information content (AvgIpc) is 3.55. The van der Waals surface area contributed by atoms with Crippen molar-refractivity contribution in [2.45, 2.75) is 13.0 Å². The van der Waals surface area contributed by atoms with Gasteiger partial charge in [0.05, 0.1) is 32.1 Å². The molecule has 0 fully saturated rings. The van der Waals surface area contributed by atoms with Gasteiger partial charge in [-0.15, -0.1) is 10.2 Å². The second-order valence-electron chi connectivity index (χ2n) is 7.55. The largest absolute Gasteiger partial charge is 0.496 e. The van der Waals surface area contributed by atoms with Crippen molar-refractivity contribution in [3.63, 3.8) is 0 Å². The molecule has 0 aliphatic heterocycles. The molecule has 1 aromatic carbocycles. The molecule has 0 spiro atoms. The molecule has 0 radical (unpaired) electrons. The highest BCUT2D eigenvalue weighted by molar-refractivity contribution is 7.17. The van der Waals surface area contributed by atoms with E-state index in [1.54, 1.807) is 31.2 Å². The normalized spacial score (nSPS) is 11.7. The van der Waals surface area contributed by atoms with E-state index in [4.69, 9.17) is 29.1 Å². The minimum absolute atomic E-state index is 0.0569. The number of nitrogens with two attached hydrogens (primary N) is 1. The maximum atomic E-state index is 13.1. The standard InChI is InChI=1S/C23H24N6O7S/c1-12(32-2)11-35-19-13(18-14(33-3)6-5-7-15(18)34-4)10-16(36-21(19)31)20(30)26-22-27-28-23(37-22)29-17(24)8-9-25-29/h5-10,12H,11,24H2,1-4H3,(H,26,27,30)/t12-/m0/s1. The first kappa shape index (κ1) is 25.7. The number of aromatic nitrogens is 4. The first-order chi connectivity index (χ1) is 17.9. The predicted octanol–water partition coefficient (Wildman–Crippen LogP) is 2.61. The van der Waals surface area contributed by atoms with Gasteiger partial charge >= 0.3 is 5.63 Å². The van der Waals surface area contributed by atoms with Crippen LogP contribution in [0.2, 0.25) is 0 Å². The van der Waals surface area contributed by atoms with Crippen LogP contribution in [0, 0.1) is 0 Å². The van der Waals surface area contributed by atoms with Gasteiger partial charge in [0.15, 0.2) is 5.76 Å². The van der Waals surface area contributed by atoms with Crippen LogP contribution >= 0.6 is 11.3 Å². The Hall–Kier alpha value is -4.43. The van der Waals surface area contributed by atoms with Crippen LogP contribution in [0.5, 0.6) is 17.2 Å². The molecule has 3 aromatic heterocycles. The summed E-state index contributed by atoms with van der Waals surface area (Å²) in [6, 6.07) is 8.08. The molecule has 14 heteroatoms. The van der Waals surface area contributed by atoms with Crippen molar-refractivity contribution in [2.24, 2.45) is 0 Å². The van der Waals surface area contributed by atoms with Crippen LogP contribution in [-0.2, 0) is 4.74 Å². The van der Waals surface area contributed by atoms with Crippen molar-refractivity contribution in [2.75, 3.05) is 39.0 Å². The minimum Gasteiger partial charge on any atom is -0.496 e. The highest BCUT2D eigenvalue weighted by atomic mass is 32.1. The summed E-state index contributed by atoms with van der Waals surface area (Å²) in [4.78, 5) is 26.1. The highest BCUT2D eigenvalue weighted by Crippen LogP contribution is 2.42. The molecule has 37 heavy (non-hydrogen) atoms. The number of nitrogens with one attached hydrogen (secondary N) is 1. The Kier molecular flexibility index (Phi) is 7.69. The molecule has 0 unspecified atom stereocenters. The zero-order chi connectivity index (χ0) is 26.5. The fourth-order valence-corrected chi connectivity index (χ4v) is 4.00. The number of benzene rings is 1. The third-order valence-corrected chi connectivity index (χ3v) is 6.00. The zero-order valence-corrected chi connectivity index (χ0v) is 21.2. The number of nitrogen functional groups attached to an aromatic ring is 1. The summed E-state index contributed by atoms with van der Waals surface area (Å²) in [5.41, 5.74) is 5.61. The fraction of sp³-hybridized carbons (Fsp3) is 0.261. The zero-order valence-electron chi connectivity index (χ0n) is 20.4. The monoisotopic (exact) mass is 528 g/mol. The maximum absolute atomic E-state index is 13.1. The van der Waals surface area contributed by atoms with Gasteiger partial charge in [-0.3, -0.25) is 10.1 Å². The van der Waals surface area contributed by atoms with Crippen molar-refractivity contribution in [3.8, 4) is 33.5 Å². The van der Waals surface area contributed by atoms with Crippen molar-refractivity contribution < 1.29 is 28.2 Å². The number of ether oxygens (including phenoxy) is 4. The smallest absolute Gasteiger partial charge is 0.379 e. The molecule has 194 valence electrons. The third kappa shape index (κ3) is 5.39. The van der Waals surface area contributed by atoms with Crippen LogP contribution in [0.25, 0.3) is 16.3 Å². The number of anilines is 2. The second kappa shape index (κ2) is 11.1. The van der Waals surface area contributed by atoms with Gasteiger partial charge in [-0.25, -0.2) is 4.79 Å². The van der Waals surface area contributed by atoms with E-state index < -0.39 is 11.5 Å². The van der Waals surface area contributed by atoms with Gasteiger partial charge in [0.2, 0.25) is 16.0 Å². The molecule has 0 saturated heterocycles. The van der Waals surface area contributed by atoms with E-state index in [-0.39, 0.29) is 34.9 Å². The van der Waals surface area contributed by atoms with Gasteiger partial charge < -0.3 is 29.1 Å². The van der Waals surface area contributed by atoms with Gasteiger partial charge in [-0.05, 0) is 25.1 Å². The van der Waals surface area contributed by atoms with E-state index in [9.17, 15) is 9.59 Å². The van der Waals surface area contributed by atoms with E-state index in [2.05, 4.69) is 20.6 Å². The molecule has 0 saturated carbocycles. The quantitative estimate of drug-likeness (QED) is 0.311. The molecule has 0 bridgehead atoms. The van der Waals surface area contributed by atoms with Gasteiger partial charge in [0.1, 0.15) is 23.9 Å². The average molecular weight is 529 g/mol. The lowest BCUT2D eigenvalue weighted by molar-refractivity contribution is 0.0702. The van der Waals surface area contributed by atoms with Crippen LogP contribution < -0.4 is 30.9 Å². The van der Waals surface area contributed by atoms with Crippen LogP contribution in [-0.4, -0.2) is 59.9 Å². The number of nitrogens with zero attached hydrogens (tertiary/aromatic N) is 4. The van der Waals surface area contributed by atoms with Gasteiger partial charge in [-0.2, -0.15) is 9.78 Å². The number of hydrogen-bond acceptors (Lipinski definition) is 12. The Morgan fingerprint density at radius 2 is 1.92 bits per heavy atom. The Labute approximate surface area is 214 Å². The van der Waals surface area contributed by atoms with E-state index in [0.29, 0.717) is 28.0 Å². The Balaban J connectivity index is 1.74. The van der Waals surface area contributed by atoms with Gasteiger partial charge in [0.25, 0.3) is 5.91 Å². The topological polar surface area (TPSA) is 166 Å². The van der Waals surface area contributed by atoms with E-state index in [1.165, 1.54) is 38.3 Å². The molecular formula is C23H24N6O7S. The molecule has 0 aliphatic carbocycles. The molecular weight excluding hydrogens is 504 g/mol. The van der Waals surface area contributed by atoms with Crippen LogP contribution in [0.1, 0.15) is 17.5 Å². The van der Waals surface area contributed by atoms with Crippen LogP contribution in [0.3, 0.4) is 0 Å². The summed E-state index contributed by atoms with van der Waals surface area (Å²) in [5, 5.41) is 15.0. The summed E-state index contributed by atoms with van der Waals surface area (Å²) in [6.07, 6.45) is 1.19. The van der Waals surface area contributed by atoms with Crippen molar-refractivity contribution >= 4 is 28.2 Å². The summed E-state index contributed by atoms with van der Waals surface area (Å²) in [7, 11) is 4.47. The molecule has 0 aliphatic rings. The minimum atomic E-state index is -0.874.